The van der Waals surface area contributed by atoms with E-state index in [2.05, 4.69) is 4.72 Å². The summed E-state index contributed by atoms with van der Waals surface area (Å²) in [7, 11) is -3.45. The molecule has 21 heavy (non-hydrogen) atoms. The standard InChI is InChI=1S/C14H12FNO4S/c1-21(19,20)16-11-4-2-3-9(7-11)12-8-10(14(17)18)5-6-13(12)15/h2-8,16H,1H3,(H,17,18). The van der Waals surface area contributed by atoms with Gasteiger partial charge in [-0.05, 0) is 35.9 Å². The van der Waals surface area contributed by atoms with Gasteiger partial charge in [-0.25, -0.2) is 17.6 Å². The molecular formula is C14H12FNO4S. The van der Waals surface area contributed by atoms with Crippen LogP contribution < -0.4 is 4.72 Å². The van der Waals surface area contributed by atoms with Gasteiger partial charge in [0.15, 0.2) is 0 Å². The van der Waals surface area contributed by atoms with Gasteiger partial charge in [0.05, 0.1) is 11.8 Å². The topological polar surface area (TPSA) is 83.5 Å². The molecule has 2 aromatic carbocycles. The highest BCUT2D eigenvalue weighted by molar-refractivity contribution is 7.92. The molecular weight excluding hydrogens is 297 g/mol. The van der Waals surface area contributed by atoms with Crippen molar-refractivity contribution in [3.8, 4) is 11.1 Å². The number of carboxylic acids is 1. The number of aromatic carboxylic acids is 1. The highest BCUT2D eigenvalue weighted by Gasteiger charge is 2.11. The van der Waals surface area contributed by atoms with Gasteiger partial charge in [0.1, 0.15) is 5.82 Å². The Balaban J connectivity index is 2.49. The summed E-state index contributed by atoms with van der Waals surface area (Å²) in [6.07, 6.45) is 1.01. The molecule has 0 aromatic heterocycles. The molecule has 0 aliphatic rings. The molecule has 7 heteroatoms. The van der Waals surface area contributed by atoms with Crippen molar-refractivity contribution in [2.45, 2.75) is 0 Å². The molecule has 0 radical (unpaired) electrons. The zero-order chi connectivity index (χ0) is 15.6. The van der Waals surface area contributed by atoms with Crippen LogP contribution in [0.15, 0.2) is 42.5 Å². The number of carbonyl (C=O) groups is 1. The van der Waals surface area contributed by atoms with Crippen molar-refractivity contribution in [2.24, 2.45) is 0 Å². The normalized spacial score (nSPS) is 11.1. The fourth-order valence-electron chi connectivity index (χ4n) is 1.84. The maximum absolute atomic E-state index is 13.9. The van der Waals surface area contributed by atoms with E-state index >= 15 is 0 Å². The van der Waals surface area contributed by atoms with Gasteiger partial charge in [0, 0.05) is 11.3 Å². The molecule has 0 atom stereocenters. The minimum Gasteiger partial charge on any atom is -0.478 e. The van der Waals surface area contributed by atoms with Gasteiger partial charge in [0.2, 0.25) is 10.0 Å². The maximum Gasteiger partial charge on any atom is 0.335 e. The summed E-state index contributed by atoms with van der Waals surface area (Å²) in [6, 6.07) is 9.51. The number of carboxylic acid groups (broad SMARTS) is 1. The first kappa shape index (κ1) is 15.0. The lowest BCUT2D eigenvalue weighted by atomic mass is 10.0. The molecule has 0 aliphatic carbocycles. The summed E-state index contributed by atoms with van der Waals surface area (Å²) in [5.74, 6) is -1.75. The number of rotatable bonds is 4. The Hall–Kier alpha value is -2.41. The lowest BCUT2D eigenvalue weighted by Crippen LogP contribution is -2.09. The van der Waals surface area contributed by atoms with Crippen LogP contribution in [0.25, 0.3) is 11.1 Å². The molecule has 0 spiro atoms. The summed E-state index contributed by atoms with van der Waals surface area (Å²) in [5, 5.41) is 8.94. The second kappa shape index (κ2) is 5.53. The minimum atomic E-state index is -3.45. The molecule has 0 heterocycles. The average Bonchev–Trinajstić information content (AvgIpc) is 2.37. The molecule has 2 aromatic rings. The van der Waals surface area contributed by atoms with E-state index in [0.717, 1.165) is 12.3 Å². The minimum absolute atomic E-state index is 0.0483. The third-order valence-electron chi connectivity index (χ3n) is 2.69. The Morgan fingerprint density at radius 1 is 1.19 bits per heavy atom. The summed E-state index contributed by atoms with van der Waals surface area (Å²) in [5.41, 5.74) is 0.694. The van der Waals surface area contributed by atoms with Gasteiger partial charge in [-0.3, -0.25) is 4.72 Å². The van der Waals surface area contributed by atoms with Crippen LogP contribution in [0.1, 0.15) is 10.4 Å². The lowest BCUT2D eigenvalue weighted by molar-refractivity contribution is 0.0697. The monoisotopic (exact) mass is 309 g/mol. The van der Waals surface area contributed by atoms with Crippen molar-refractivity contribution in [3.05, 3.63) is 53.8 Å². The number of anilines is 1. The third kappa shape index (κ3) is 3.79. The first-order valence-electron chi connectivity index (χ1n) is 5.87. The predicted octanol–water partition coefficient (Wildman–Crippen LogP) is 2.56. The van der Waals surface area contributed by atoms with Crippen LogP contribution in [0.2, 0.25) is 0 Å². The Kier molecular flexibility index (Phi) is 3.95. The Labute approximate surface area is 121 Å². The second-order valence-corrected chi connectivity index (χ2v) is 6.20. The zero-order valence-corrected chi connectivity index (χ0v) is 11.8. The molecule has 0 fully saturated rings. The van der Waals surface area contributed by atoms with Crippen molar-refractivity contribution in [2.75, 3.05) is 11.0 Å². The van der Waals surface area contributed by atoms with Gasteiger partial charge in [-0.2, -0.15) is 0 Å². The molecule has 0 amide bonds. The van der Waals surface area contributed by atoms with E-state index in [9.17, 15) is 17.6 Å². The summed E-state index contributed by atoms with van der Waals surface area (Å²) in [6.45, 7) is 0. The highest BCUT2D eigenvalue weighted by Crippen LogP contribution is 2.26. The summed E-state index contributed by atoms with van der Waals surface area (Å²) >= 11 is 0. The predicted molar refractivity (Wildman–Crippen MR) is 77.3 cm³/mol. The summed E-state index contributed by atoms with van der Waals surface area (Å²) in [4.78, 5) is 10.9. The Bertz CT molecular complexity index is 802. The summed E-state index contributed by atoms with van der Waals surface area (Å²) < 4.78 is 38.5. The van der Waals surface area contributed by atoms with Crippen LogP contribution in [-0.2, 0) is 10.0 Å². The molecule has 2 rings (SSSR count). The van der Waals surface area contributed by atoms with E-state index < -0.39 is 21.8 Å². The van der Waals surface area contributed by atoms with Crippen molar-refractivity contribution in [1.82, 2.24) is 0 Å². The van der Waals surface area contributed by atoms with Crippen LogP contribution in [-0.4, -0.2) is 25.7 Å². The molecule has 0 bridgehead atoms. The van der Waals surface area contributed by atoms with E-state index in [1.54, 1.807) is 12.1 Å². The maximum atomic E-state index is 13.9. The highest BCUT2D eigenvalue weighted by atomic mass is 32.2. The van der Waals surface area contributed by atoms with Crippen molar-refractivity contribution < 1.29 is 22.7 Å². The number of halogens is 1. The van der Waals surface area contributed by atoms with Gasteiger partial charge >= 0.3 is 5.97 Å². The number of benzene rings is 2. The van der Waals surface area contributed by atoms with Gasteiger partial charge < -0.3 is 5.11 Å². The Morgan fingerprint density at radius 3 is 2.52 bits per heavy atom. The molecule has 0 unspecified atom stereocenters. The molecule has 0 saturated carbocycles. The molecule has 0 aliphatic heterocycles. The fourth-order valence-corrected chi connectivity index (χ4v) is 2.40. The first-order chi connectivity index (χ1) is 9.76. The van der Waals surface area contributed by atoms with Crippen LogP contribution in [0.5, 0.6) is 0 Å². The number of sulfonamides is 1. The molecule has 110 valence electrons. The largest absolute Gasteiger partial charge is 0.478 e. The van der Waals surface area contributed by atoms with E-state index in [0.29, 0.717) is 5.56 Å². The Morgan fingerprint density at radius 2 is 1.90 bits per heavy atom. The number of hydrogen-bond acceptors (Lipinski definition) is 3. The van der Waals surface area contributed by atoms with Crippen molar-refractivity contribution in [1.29, 1.82) is 0 Å². The average molecular weight is 309 g/mol. The smallest absolute Gasteiger partial charge is 0.335 e. The van der Waals surface area contributed by atoms with Crippen LogP contribution in [0.3, 0.4) is 0 Å². The first-order valence-corrected chi connectivity index (χ1v) is 7.76. The van der Waals surface area contributed by atoms with Crippen LogP contribution in [0, 0.1) is 5.82 Å². The van der Waals surface area contributed by atoms with E-state index in [1.165, 1.54) is 24.3 Å². The lowest BCUT2D eigenvalue weighted by Gasteiger charge is -2.08. The quantitative estimate of drug-likeness (QED) is 0.909. The zero-order valence-electron chi connectivity index (χ0n) is 11.0. The fraction of sp³-hybridized carbons (Fsp3) is 0.0714. The van der Waals surface area contributed by atoms with Gasteiger partial charge in [-0.1, -0.05) is 12.1 Å². The SMILES string of the molecule is CS(=O)(=O)Nc1cccc(-c2cc(C(=O)O)ccc2F)c1. The van der Waals surface area contributed by atoms with Crippen molar-refractivity contribution in [3.63, 3.8) is 0 Å². The van der Waals surface area contributed by atoms with Gasteiger partial charge in [0.25, 0.3) is 0 Å². The van der Waals surface area contributed by atoms with Crippen LogP contribution in [0.4, 0.5) is 10.1 Å². The van der Waals surface area contributed by atoms with Crippen molar-refractivity contribution >= 4 is 21.7 Å². The van der Waals surface area contributed by atoms with Gasteiger partial charge in [-0.15, -0.1) is 0 Å². The number of nitrogens with one attached hydrogen (secondary N) is 1. The van der Waals surface area contributed by atoms with E-state index in [-0.39, 0.29) is 16.8 Å². The molecule has 5 nitrogen and oxygen atoms in total. The van der Waals surface area contributed by atoms with Crippen LogP contribution >= 0.6 is 0 Å². The third-order valence-corrected chi connectivity index (χ3v) is 3.30. The molecule has 2 N–H and O–H groups in total. The van der Waals surface area contributed by atoms with E-state index in [1.807, 2.05) is 0 Å². The molecule has 0 saturated heterocycles. The second-order valence-electron chi connectivity index (χ2n) is 4.45. The number of hydrogen-bond donors (Lipinski definition) is 2. The van der Waals surface area contributed by atoms with E-state index in [4.69, 9.17) is 5.11 Å².